The van der Waals surface area contributed by atoms with Crippen LogP contribution in [0.4, 0.5) is 0 Å². The molecule has 162 valence electrons. The third-order valence-corrected chi connectivity index (χ3v) is 6.71. The van der Waals surface area contributed by atoms with Gasteiger partial charge in [-0.25, -0.2) is 9.55 Å². The zero-order valence-corrected chi connectivity index (χ0v) is 19.0. The van der Waals surface area contributed by atoms with Crippen LogP contribution in [-0.4, -0.2) is 28.5 Å². The molecular weight excluding hydrogens is 432 g/mol. The van der Waals surface area contributed by atoms with Crippen LogP contribution in [0.15, 0.2) is 83.0 Å². The summed E-state index contributed by atoms with van der Waals surface area (Å²) in [5.41, 5.74) is 5.54. The monoisotopic (exact) mass is 452 g/mol. The van der Waals surface area contributed by atoms with Crippen LogP contribution < -0.4 is 5.56 Å². The standard InChI is InChI=1S/C25H20N6OS/c1-16-11-12-22-26-18(14-29(22)13-16)15-33-25-28-27-24-30(20-9-5-3-7-17(20)2)23(32)19-8-4-6-10-21(19)31(24)25/h3-14H,15H2,1-2H3. The van der Waals surface area contributed by atoms with Gasteiger partial charge in [-0.2, -0.15) is 0 Å². The molecule has 6 rings (SSSR count). The van der Waals surface area contributed by atoms with Crippen LogP contribution in [0.25, 0.3) is 28.0 Å². The number of imidazole rings is 1. The van der Waals surface area contributed by atoms with E-state index in [1.165, 1.54) is 5.56 Å². The fourth-order valence-corrected chi connectivity index (χ4v) is 4.99. The number of thioether (sulfide) groups is 1. The number of para-hydroxylation sites is 2. The van der Waals surface area contributed by atoms with Gasteiger partial charge in [-0.15, -0.1) is 10.2 Å². The van der Waals surface area contributed by atoms with Crippen molar-refractivity contribution in [1.29, 1.82) is 0 Å². The molecule has 0 bridgehead atoms. The maximum atomic E-state index is 13.5. The van der Waals surface area contributed by atoms with E-state index in [1.807, 2.05) is 76.5 Å². The number of hydrogen-bond acceptors (Lipinski definition) is 5. The van der Waals surface area contributed by atoms with Crippen molar-refractivity contribution in [3.8, 4) is 5.69 Å². The Hall–Kier alpha value is -3.91. The van der Waals surface area contributed by atoms with Gasteiger partial charge in [-0.1, -0.05) is 48.2 Å². The Morgan fingerprint density at radius 1 is 0.909 bits per heavy atom. The number of hydrogen-bond donors (Lipinski definition) is 0. The summed E-state index contributed by atoms with van der Waals surface area (Å²) in [5.74, 6) is 1.14. The highest BCUT2D eigenvalue weighted by Gasteiger charge is 2.19. The SMILES string of the molecule is Cc1ccc2nc(CSc3nnc4n(-c5ccccc5C)c(=O)c5ccccc5n34)cn2c1. The molecule has 0 spiro atoms. The van der Waals surface area contributed by atoms with E-state index in [0.717, 1.165) is 33.3 Å². The van der Waals surface area contributed by atoms with Gasteiger partial charge in [-0.05, 0) is 49.2 Å². The van der Waals surface area contributed by atoms with Crippen LogP contribution in [-0.2, 0) is 5.75 Å². The van der Waals surface area contributed by atoms with Gasteiger partial charge in [0.05, 0.1) is 22.3 Å². The zero-order valence-electron chi connectivity index (χ0n) is 18.1. The third-order valence-electron chi connectivity index (χ3n) is 5.75. The second-order valence-electron chi connectivity index (χ2n) is 8.06. The predicted octanol–water partition coefficient (Wildman–Crippen LogP) is 4.59. The van der Waals surface area contributed by atoms with Crippen LogP contribution in [0.2, 0.25) is 0 Å². The van der Waals surface area contributed by atoms with Crippen LogP contribution in [0, 0.1) is 13.8 Å². The van der Waals surface area contributed by atoms with Crippen LogP contribution in [0.1, 0.15) is 16.8 Å². The van der Waals surface area contributed by atoms with E-state index in [4.69, 9.17) is 4.98 Å². The Labute approximate surface area is 193 Å². The molecule has 7 nitrogen and oxygen atoms in total. The summed E-state index contributed by atoms with van der Waals surface area (Å²) < 4.78 is 5.66. The second kappa shape index (κ2) is 7.60. The lowest BCUT2D eigenvalue weighted by Gasteiger charge is -2.13. The molecule has 0 saturated carbocycles. The fraction of sp³-hybridized carbons (Fsp3) is 0.120. The van der Waals surface area contributed by atoms with E-state index in [0.29, 0.717) is 16.9 Å². The smallest absolute Gasteiger partial charge is 0.267 e. The third kappa shape index (κ3) is 3.22. The van der Waals surface area contributed by atoms with E-state index in [1.54, 1.807) is 16.3 Å². The molecule has 0 atom stereocenters. The van der Waals surface area contributed by atoms with Crippen molar-refractivity contribution in [2.24, 2.45) is 0 Å². The minimum atomic E-state index is -0.105. The molecule has 33 heavy (non-hydrogen) atoms. The largest absolute Gasteiger partial charge is 0.307 e. The second-order valence-corrected chi connectivity index (χ2v) is 9.00. The maximum Gasteiger partial charge on any atom is 0.267 e. The lowest BCUT2D eigenvalue weighted by Crippen LogP contribution is -2.22. The van der Waals surface area contributed by atoms with Crippen molar-refractivity contribution in [2.75, 3.05) is 0 Å². The Bertz CT molecular complexity index is 1730. The normalized spacial score (nSPS) is 11.7. The molecule has 0 amide bonds. The summed E-state index contributed by atoms with van der Waals surface area (Å²) in [6, 6.07) is 19.5. The molecule has 4 aromatic heterocycles. The first kappa shape index (κ1) is 19.8. The molecule has 8 heteroatoms. The number of aromatic nitrogens is 6. The van der Waals surface area contributed by atoms with Gasteiger partial charge in [0.25, 0.3) is 5.56 Å². The van der Waals surface area contributed by atoms with Gasteiger partial charge in [0.1, 0.15) is 5.65 Å². The average molecular weight is 453 g/mol. The van der Waals surface area contributed by atoms with Crippen LogP contribution >= 0.6 is 11.8 Å². The zero-order chi connectivity index (χ0) is 22.5. The van der Waals surface area contributed by atoms with E-state index in [9.17, 15) is 4.79 Å². The summed E-state index contributed by atoms with van der Waals surface area (Å²) in [6.07, 6.45) is 4.11. The summed E-state index contributed by atoms with van der Waals surface area (Å²) in [7, 11) is 0. The summed E-state index contributed by atoms with van der Waals surface area (Å²) >= 11 is 1.56. The van der Waals surface area contributed by atoms with Crippen LogP contribution in [0.3, 0.4) is 0 Å². The van der Waals surface area contributed by atoms with Gasteiger partial charge >= 0.3 is 0 Å². The van der Waals surface area contributed by atoms with Gasteiger partial charge < -0.3 is 4.40 Å². The van der Waals surface area contributed by atoms with E-state index >= 15 is 0 Å². The number of rotatable bonds is 4. The van der Waals surface area contributed by atoms with Gasteiger partial charge in [0.2, 0.25) is 5.78 Å². The van der Waals surface area contributed by atoms with Crippen molar-refractivity contribution in [2.45, 2.75) is 24.8 Å². The van der Waals surface area contributed by atoms with E-state index < -0.39 is 0 Å². The van der Waals surface area contributed by atoms with E-state index in [2.05, 4.69) is 29.4 Å². The fourth-order valence-electron chi connectivity index (χ4n) is 4.17. The maximum absolute atomic E-state index is 13.5. The first-order valence-electron chi connectivity index (χ1n) is 10.6. The number of nitrogens with zero attached hydrogens (tertiary/aromatic N) is 6. The molecule has 0 radical (unpaired) electrons. The van der Waals surface area contributed by atoms with E-state index in [-0.39, 0.29) is 5.56 Å². The minimum Gasteiger partial charge on any atom is -0.307 e. The summed E-state index contributed by atoms with van der Waals surface area (Å²) in [5, 5.41) is 10.3. The quantitative estimate of drug-likeness (QED) is 0.366. The van der Waals surface area contributed by atoms with Crippen molar-refractivity contribution >= 4 is 34.1 Å². The molecule has 0 aliphatic heterocycles. The molecule has 4 heterocycles. The predicted molar refractivity (Wildman–Crippen MR) is 130 cm³/mol. The number of aryl methyl sites for hydroxylation is 2. The first-order chi connectivity index (χ1) is 16.1. The lowest BCUT2D eigenvalue weighted by molar-refractivity contribution is 0.927. The number of fused-ring (bicyclic) bond motifs is 4. The highest BCUT2D eigenvalue weighted by atomic mass is 32.2. The average Bonchev–Trinajstić information content (AvgIpc) is 3.42. The number of pyridine rings is 1. The molecule has 0 saturated heterocycles. The Morgan fingerprint density at radius 3 is 2.61 bits per heavy atom. The molecule has 0 unspecified atom stereocenters. The van der Waals surface area contributed by atoms with Gasteiger partial charge in [0, 0.05) is 18.1 Å². The first-order valence-corrected chi connectivity index (χ1v) is 11.6. The molecule has 0 aliphatic rings. The molecule has 0 fully saturated rings. The Morgan fingerprint density at radius 2 is 1.73 bits per heavy atom. The molecular formula is C25H20N6OS. The number of benzene rings is 2. The highest BCUT2D eigenvalue weighted by molar-refractivity contribution is 7.98. The Balaban J connectivity index is 1.50. The highest BCUT2D eigenvalue weighted by Crippen LogP contribution is 2.26. The van der Waals surface area contributed by atoms with Crippen LogP contribution in [0.5, 0.6) is 0 Å². The molecule has 0 N–H and O–H groups in total. The van der Waals surface area contributed by atoms with Crippen molar-refractivity contribution in [3.63, 3.8) is 0 Å². The van der Waals surface area contributed by atoms with Gasteiger partial charge in [-0.3, -0.25) is 9.20 Å². The molecule has 2 aromatic carbocycles. The lowest BCUT2D eigenvalue weighted by atomic mass is 10.2. The molecule has 0 aliphatic carbocycles. The summed E-state index contributed by atoms with van der Waals surface area (Å²) in [4.78, 5) is 18.2. The van der Waals surface area contributed by atoms with Crippen molar-refractivity contribution in [3.05, 3.63) is 100 Å². The Kier molecular flexibility index (Phi) is 4.55. The van der Waals surface area contributed by atoms with Crippen molar-refractivity contribution in [1.82, 2.24) is 28.5 Å². The summed E-state index contributed by atoms with van der Waals surface area (Å²) in [6.45, 7) is 4.06. The topological polar surface area (TPSA) is 69.5 Å². The minimum absolute atomic E-state index is 0.105. The van der Waals surface area contributed by atoms with Gasteiger partial charge in [0.15, 0.2) is 5.16 Å². The molecule has 6 aromatic rings. The van der Waals surface area contributed by atoms with Crippen molar-refractivity contribution < 1.29 is 0 Å².